The van der Waals surface area contributed by atoms with Crippen LogP contribution >= 0.6 is 0 Å². The lowest BCUT2D eigenvalue weighted by Crippen LogP contribution is -2.19. The van der Waals surface area contributed by atoms with E-state index < -0.39 is 0 Å². The summed E-state index contributed by atoms with van der Waals surface area (Å²) >= 11 is 0. The number of hydrogen-bond donors (Lipinski definition) is 0. The van der Waals surface area contributed by atoms with Crippen LogP contribution in [0.4, 0.5) is 34.1 Å². The molecule has 0 radical (unpaired) electrons. The average molecular weight is 839 g/mol. The molecule has 0 saturated carbocycles. The van der Waals surface area contributed by atoms with Gasteiger partial charge in [-0.3, -0.25) is 0 Å². The fourth-order valence-electron chi connectivity index (χ4n) is 8.40. The molecule has 0 saturated heterocycles. The van der Waals surface area contributed by atoms with Gasteiger partial charge >= 0.3 is 0 Å². The molecule has 0 aliphatic heterocycles. The van der Waals surface area contributed by atoms with Crippen LogP contribution in [0.15, 0.2) is 170 Å². The molecule has 0 amide bonds. The number of anilines is 6. The standard InChI is InChI=1S/C62H66N2/c1-59(2,3)49-37-50(60(4,5)6)40-57(39-49)63(55-33-27-45-17-13-15-19-47(45)35-55)53-29-23-43(24-30-53)21-22-44-25-31-54(32-26-44)64(56-34-28-46-18-14-16-20-48(46)36-56)58-41-51(61(7,8)9)38-52(42-58)62(10,11)12/h13-42H,1-12H3/b22-21+. The number of rotatable bonds is 8. The van der Waals surface area contributed by atoms with Crippen molar-refractivity contribution in [1.82, 2.24) is 0 Å². The Bertz CT molecular complexity index is 2690. The summed E-state index contributed by atoms with van der Waals surface area (Å²) in [5.74, 6) is 0. The third-order valence-electron chi connectivity index (χ3n) is 12.6. The minimum absolute atomic E-state index is 0.000233. The SMILES string of the molecule is CC(C)(C)c1cc(N(c2ccc(/C=C/c3ccc(N(c4cc(C(C)(C)C)cc(C(C)(C)C)c4)c4ccc5ccccc5c4)cc3)cc2)c2ccc3ccccc3c2)cc(C(C)(C)C)c1. The molecule has 0 heterocycles. The lowest BCUT2D eigenvalue weighted by Gasteiger charge is -2.31. The molecule has 0 atom stereocenters. The minimum Gasteiger partial charge on any atom is -0.310 e. The molecule has 324 valence electrons. The van der Waals surface area contributed by atoms with Gasteiger partial charge in [-0.1, -0.05) is 192 Å². The van der Waals surface area contributed by atoms with Crippen molar-refractivity contribution in [2.24, 2.45) is 0 Å². The molecule has 0 aliphatic carbocycles. The summed E-state index contributed by atoms with van der Waals surface area (Å²) in [4.78, 5) is 4.85. The molecular formula is C62H66N2. The summed E-state index contributed by atoms with van der Waals surface area (Å²) in [6, 6.07) is 63.2. The van der Waals surface area contributed by atoms with Crippen LogP contribution in [-0.4, -0.2) is 0 Å². The number of fused-ring (bicyclic) bond motifs is 2. The molecule has 0 aliphatic rings. The van der Waals surface area contributed by atoms with Crippen molar-refractivity contribution in [2.45, 2.75) is 105 Å². The summed E-state index contributed by atoms with van der Waals surface area (Å²) in [5, 5.41) is 4.94. The van der Waals surface area contributed by atoms with Gasteiger partial charge in [0.1, 0.15) is 0 Å². The average Bonchev–Trinajstić information content (AvgIpc) is 3.25. The van der Waals surface area contributed by atoms with E-state index in [4.69, 9.17) is 0 Å². The normalized spacial score (nSPS) is 12.6. The van der Waals surface area contributed by atoms with Crippen LogP contribution in [-0.2, 0) is 21.7 Å². The van der Waals surface area contributed by atoms with E-state index in [1.165, 1.54) is 55.2 Å². The Morgan fingerprint density at radius 3 is 0.844 bits per heavy atom. The predicted octanol–water partition coefficient (Wildman–Crippen LogP) is 18.3. The highest BCUT2D eigenvalue weighted by Gasteiger charge is 2.25. The summed E-state index contributed by atoms with van der Waals surface area (Å²) < 4.78 is 0. The smallest absolute Gasteiger partial charge is 0.0468 e. The molecule has 0 spiro atoms. The first-order valence-corrected chi connectivity index (χ1v) is 23.0. The molecule has 0 fully saturated rings. The molecule has 0 unspecified atom stereocenters. The van der Waals surface area contributed by atoms with Gasteiger partial charge in [-0.25, -0.2) is 0 Å². The highest BCUT2D eigenvalue weighted by molar-refractivity contribution is 5.91. The van der Waals surface area contributed by atoms with Gasteiger partial charge in [0.25, 0.3) is 0 Å². The summed E-state index contributed by atoms with van der Waals surface area (Å²) in [6.07, 6.45) is 4.45. The Hall–Kier alpha value is -6.38. The fraction of sp³-hybridized carbons (Fsp3) is 0.258. The maximum Gasteiger partial charge on any atom is 0.0468 e. The van der Waals surface area contributed by atoms with Crippen LogP contribution < -0.4 is 9.80 Å². The van der Waals surface area contributed by atoms with Gasteiger partial charge in [0.15, 0.2) is 0 Å². The Morgan fingerprint density at radius 2 is 0.547 bits per heavy atom. The molecule has 2 nitrogen and oxygen atoms in total. The van der Waals surface area contributed by atoms with Crippen molar-refractivity contribution in [3.8, 4) is 0 Å². The molecule has 0 bridgehead atoms. The number of benzene rings is 8. The third kappa shape index (κ3) is 9.73. The largest absolute Gasteiger partial charge is 0.310 e. The molecule has 0 aromatic heterocycles. The molecule has 8 aromatic carbocycles. The third-order valence-corrected chi connectivity index (χ3v) is 12.6. The van der Waals surface area contributed by atoms with Gasteiger partial charge in [0, 0.05) is 34.1 Å². The fourth-order valence-corrected chi connectivity index (χ4v) is 8.40. The van der Waals surface area contributed by atoms with Crippen molar-refractivity contribution in [1.29, 1.82) is 0 Å². The number of nitrogens with zero attached hydrogens (tertiary/aromatic N) is 2. The van der Waals surface area contributed by atoms with Crippen molar-refractivity contribution in [2.75, 3.05) is 9.80 Å². The van der Waals surface area contributed by atoms with Crippen molar-refractivity contribution in [3.63, 3.8) is 0 Å². The van der Waals surface area contributed by atoms with E-state index in [-0.39, 0.29) is 21.7 Å². The summed E-state index contributed by atoms with van der Waals surface area (Å²) in [7, 11) is 0. The van der Waals surface area contributed by atoms with Crippen LogP contribution in [0.25, 0.3) is 33.7 Å². The second kappa shape index (κ2) is 17.0. The molecule has 8 aromatic rings. The summed E-state index contributed by atoms with van der Waals surface area (Å²) in [6.45, 7) is 27.7. The predicted molar refractivity (Wildman–Crippen MR) is 281 cm³/mol. The second-order valence-corrected chi connectivity index (χ2v) is 21.8. The Kier molecular flexibility index (Phi) is 11.7. The van der Waals surface area contributed by atoms with Crippen molar-refractivity contribution >= 4 is 67.8 Å². The van der Waals surface area contributed by atoms with Crippen LogP contribution in [0.5, 0.6) is 0 Å². The molecular weight excluding hydrogens is 773 g/mol. The van der Waals surface area contributed by atoms with Crippen LogP contribution in [0.2, 0.25) is 0 Å². The van der Waals surface area contributed by atoms with E-state index in [0.717, 1.165) is 33.9 Å². The quantitative estimate of drug-likeness (QED) is 0.141. The van der Waals surface area contributed by atoms with Gasteiger partial charge in [-0.05, 0) is 149 Å². The van der Waals surface area contributed by atoms with Gasteiger partial charge in [0.2, 0.25) is 0 Å². The zero-order valence-corrected chi connectivity index (χ0v) is 40.2. The van der Waals surface area contributed by atoms with Gasteiger partial charge in [-0.15, -0.1) is 0 Å². The van der Waals surface area contributed by atoms with Crippen LogP contribution in [0.3, 0.4) is 0 Å². The highest BCUT2D eigenvalue weighted by atomic mass is 15.1. The first-order valence-electron chi connectivity index (χ1n) is 23.0. The van der Waals surface area contributed by atoms with Crippen LogP contribution in [0.1, 0.15) is 116 Å². The van der Waals surface area contributed by atoms with Crippen LogP contribution in [0, 0.1) is 0 Å². The lowest BCUT2D eigenvalue weighted by atomic mass is 9.80. The topological polar surface area (TPSA) is 6.48 Å². The monoisotopic (exact) mass is 839 g/mol. The minimum atomic E-state index is -0.000233. The number of hydrogen-bond acceptors (Lipinski definition) is 2. The highest BCUT2D eigenvalue weighted by Crippen LogP contribution is 2.43. The van der Waals surface area contributed by atoms with Crippen molar-refractivity contribution < 1.29 is 0 Å². The van der Waals surface area contributed by atoms with Crippen molar-refractivity contribution in [3.05, 3.63) is 203 Å². The molecule has 2 heteroatoms. The zero-order chi connectivity index (χ0) is 45.6. The molecule has 0 N–H and O–H groups in total. The Morgan fingerprint density at radius 1 is 0.266 bits per heavy atom. The maximum atomic E-state index is 2.42. The van der Waals surface area contributed by atoms with E-state index in [9.17, 15) is 0 Å². The van der Waals surface area contributed by atoms with E-state index in [1.807, 2.05) is 0 Å². The second-order valence-electron chi connectivity index (χ2n) is 21.8. The van der Waals surface area contributed by atoms with Gasteiger partial charge < -0.3 is 9.80 Å². The zero-order valence-electron chi connectivity index (χ0n) is 40.2. The molecule has 64 heavy (non-hydrogen) atoms. The Balaban J connectivity index is 1.14. The first kappa shape index (κ1) is 44.2. The van der Waals surface area contributed by atoms with E-state index in [0.29, 0.717) is 0 Å². The Labute approximate surface area is 383 Å². The van der Waals surface area contributed by atoms with E-state index in [1.54, 1.807) is 0 Å². The lowest BCUT2D eigenvalue weighted by molar-refractivity contribution is 0.568. The maximum absolute atomic E-state index is 2.42. The van der Waals surface area contributed by atoms with Gasteiger partial charge in [0.05, 0.1) is 0 Å². The van der Waals surface area contributed by atoms with Gasteiger partial charge in [-0.2, -0.15) is 0 Å². The summed E-state index contributed by atoms with van der Waals surface area (Å²) in [5.41, 5.74) is 14.5. The molecule has 8 rings (SSSR count). The first-order chi connectivity index (χ1) is 30.2. The van der Waals surface area contributed by atoms with E-state index >= 15 is 0 Å². The van der Waals surface area contributed by atoms with E-state index in [2.05, 4.69) is 275 Å².